The largest absolute Gasteiger partial charge is 0.497 e. The van der Waals surface area contributed by atoms with Crippen LogP contribution in [-0.2, 0) is 22.5 Å². The van der Waals surface area contributed by atoms with E-state index in [1.165, 1.54) is 13.2 Å². The molecule has 1 amide bonds. The molecule has 9 heteroatoms. The van der Waals surface area contributed by atoms with E-state index in [1.54, 1.807) is 32.9 Å². The number of alkyl halides is 3. The van der Waals surface area contributed by atoms with Gasteiger partial charge in [-0.2, -0.15) is 13.2 Å². The number of halogens is 3. The summed E-state index contributed by atoms with van der Waals surface area (Å²) in [5.74, 6) is -0.642. The minimum Gasteiger partial charge on any atom is -0.497 e. The second kappa shape index (κ2) is 8.96. The van der Waals surface area contributed by atoms with Crippen LogP contribution in [0, 0.1) is 0 Å². The molecule has 0 aliphatic carbocycles. The van der Waals surface area contributed by atoms with E-state index < -0.39 is 30.4 Å². The normalized spacial score (nSPS) is 11.8. The summed E-state index contributed by atoms with van der Waals surface area (Å²) in [6, 6.07) is 4.66. The summed E-state index contributed by atoms with van der Waals surface area (Å²) in [6.07, 6.45) is -5.79. The Morgan fingerprint density at radius 3 is 2.26 bits per heavy atom. The lowest BCUT2D eigenvalue weighted by molar-refractivity contribution is -0.145. The molecule has 0 fully saturated rings. The first-order chi connectivity index (χ1) is 12.3. The molecule has 1 aromatic rings. The van der Waals surface area contributed by atoms with Crippen molar-refractivity contribution in [2.24, 2.45) is 0 Å². The van der Waals surface area contributed by atoms with E-state index in [1.807, 2.05) is 0 Å². The van der Waals surface area contributed by atoms with Gasteiger partial charge in [0, 0.05) is 13.0 Å². The van der Waals surface area contributed by atoms with Crippen LogP contribution in [0.2, 0.25) is 0 Å². The zero-order chi connectivity index (χ0) is 20.8. The smallest absolute Gasteiger partial charge is 0.410 e. The molecule has 0 unspecified atom stereocenters. The fourth-order valence-corrected chi connectivity index (χ4v) is 2.30. The van der Waals surface area contributed by atoms with Crippen LogP contribution < -0.4 is 4.74 Å². The van der Waals surface area contributed by atoms with Gasteiger partial charge in [0.15, 0.2) is 0 Å². The molecule has 0 bridgehead atoms. The van der Waals surface area contributed by atoms with Crippen molar-refractivity contribution in [2.75, 3.05) is 13.7 Å². The summed E-state index contributed by atoms with van der Waals surface area (Å²) in [5.41, 5.74) is -0.0683. The van der Waals surface area contributed by atoms with Gasteiger partial charge in [-0.3, -0.25) is 9.69 Å². The quantitative estimate of drug-likeness (QED) is 0.760. The predicted molar refractivity (Wildman–Crippen MR) is 91.6 cm³/mol. The van der Waals surface area contributed by atoms with Gasteiger partial charge < -0.3 is 14.6 Å². The number of nitrogens with zero attached hydrogens (tertiary/aromatic N) is 1. The lowest BCUT2D eigenvalue weighted by atomic mass is 10.0. The monoisotopic (exact) mass is 391 g/mol. The highest BCUT2D eigenvalue weighted by molar-refractivity contribution is 5.69. The van der Waals surface area contributed by atoms with Gasteiger partial charge in [0.05, 0.1) is 7.11 Å². The van der Waals surface area contributed by atoms with E-state index in [0.717, 1.165) is 0 Å². The van der Waals surface area contributed by atoms with Crippen LogP contribution in [-0.4, -0.2) is 47.5 Å². The maximum absolute atomic E-state index is 12.9. The van der Waals surface area contributed by atoms with Crippen LogP contribution >= 0.6 is 0 Å². The second-order valence-electron chi connectivity index (χ2n) is 6.98. The second-order valence-corrected chi connectivity index (χ2v) is 6.98. The number of carboxylic acid groups (broad SMARTS) is 1. The third-order valence-electron chi connectivity index (χ3n) is 3.40. The zero-order valence-electron chi connectivity index (χ0n) is 15.7. The number of aryl methyl sites for hydroxylation is 1. The van der Waals surface area contributed by atoms with Gasteiger partial charge in [-0.1, -0.05) is 6.07 Å². The number of rotatable bonds is 7. The molecular formula is C18H24F3NO5. The zero-order valence-corrected chi connectivity index (χ0v) is 15.7. The van der Waals surface area contributed by atoms with Gasteiger partial charge in [-0.05, 0) is 50.5 Å². The molecule has 0 heterocycles. The van der Waals surface area contributed by atoms with Crippen LogP contribution in [0.4, 0.5) is 18.0 Å². The van der Waals surface area contributed by atoms with Gasteiger partial charge in [0.1, 0.15) is 17.9 Å². The number of carboxylic acids is 1. The van der Waals surface area contributed by atoms with E-state index >= 15 is 0 Å². The number of methoxy groups -OCH3 is 1. The lowest BCUT2D eigenvalue weighted by Crippen LogP contribution is -2.41. The number of aliphatic carboxylic acids is 1. The summed E-state index contributed by atoms with van der Waals surface area (Å²) in [6.45, 7) is 2.79. The van der Waals surface area contributed by atoms with Crippen LogP contribution in [0.15, 0.2) is 18.2 Å². The summed E-state index contributed by atoms with van der Waals surface area (Å²) < 4.78 is 49.0. The SMILES string of the molecule is COc1ccc(CCC(=O)O)c(CN(CC(F)(F)F)C(=O)OC(C)(C)C)c1. The topological polar surface area (TPSA) is 76.1 Å². The van der Waals surface area contributed by atoms with Crippen LogP contribution in [0.1, 0.15) is 38.3 Å². The number of carbonyl (C=O) groups excluding carboxylic acids is 1. The van der Waals surface area contributed by atoms with E-state index in [-0.39, 0.29) is 19.4 Å². The highest BCUT2D eigenvalue weighted by Crippen LogP contribution is 2.25. The first-order valence-corrected chi connectivity index (χ1v) is 8.23. The van der Waals surface area contributed by atoms with E-state index in [2.05, 4.69) is 0 Å². The molecule has 152 valence electrons. The molecule has 0 atom stereocenters. The molecule has 0 saturated carbocycles. The molecule has 1 rings (SSSR count). The molecule has 0 spiro atoms. The summed E-state index contributed by atoms with van der Waals surface area (Å²) >= 11 is 0. The lowest BCUT2D eigenvalue weighted by Gasteiger charge is -2.28. The number of hydrogen-bond acceptors (Lipinski definition) is 4. The molecule has 0 aliphatic rings. The van der Waals surface area contributed by atoms with Gasteiger partial charge >= 0.3 is 18.2 Å². The van der Waals surface area contributed by atoms with Crippen molar-refractivity contribution in [1.82, 2.24) is 4.90 Å². The summed E-state index contributed by atoms with van der Waals surface area (Å²) in [7, 11) is 1.40. The highest BCUT2D eigenvalue weighted by Gasteiger charge is 2.35. The Kier molecular flexibility index (Phi) is 7.50. The van der Waals surface area contributed by atoms with Crippen LogP contribution in [0.5, 0.6) is 5.75 Å². The van der Waals surface area contributed by atoms with Crippen molar-refractivity contribution in [3.8, 4) is 5.75 Å². The third kappa shape index (κ3) is 8.65. The number of benzene rings is 1. The first-order valence-electron chi connectivity index (χ1n) is 8.23. The molecule has 0 saturated heterocycles. The Balaban J connectivity index is 3.17. The third-order valence-corrected chi connectivity index (χ3v) is 3.40. The average molecular weight is 391 g/mol. The van der Waals surface area contributed by atoms with E-state index in [0.29, 0.717) is 21.8 Å². The number of hydrogen-bond donors (Lipinski definition) is 1. The fraction of sp³-hybridized carbons (Fsp3) is 0.556. The Morgan fingerprint density at radius 2 is 1.78 bits per heavy atom. The fourth-order valence-electron chi connectivity index (χ4n) is 2.30. The van der Waals surface area contributed by atoms with Crippen molar-refractivity contribution in [3.05, 3.63) is 29.3 Å². The molecule has 1 aromatic carbocycles. The molecule has 0 aromatic heterocycles. The van der Waals surface area contributed by atoms with Gasteiger partial charge in [-0.25, -0.2) is 4.79 Å². The summed E-state index contributed by atoms with van der Waals surface area (Å²) in [5, 5.41) is 8.86. The highest BCUT2D eigenvalue weighted by atomic mass is 19.4. The average Bonchev–Trinajstić information content (AvgIpc) is 2.49. The minimum atomic E-state index is -4.61. The molecule has 1 N–H and O–H groups in total. The Hall–Kier alpha value is -2.45. The van der Waals surface area contributed by atoms with Crippen molar-refractivity contribution < 1.29 is 37.3 Å². The van der Waals surface area contributed by atoms with E-state index in [4.69, 9.17) is 14.6 Å². The van der Waals surface area contributed by atoms with Gasteiger partial charge in [0.2, 0.25) is 0 Å². The van der Waals surface area contributed by atoms with E-state index in [9.17, 15) is 22.8 Å². The predicted octanol–water partition coefficient (Wildman–Crippen LogP) is 4.01. The van der Waals surface area contributed by atoms with Crippen molar-refractivity contribution >= 4 is 12.1 Å². The Bertz CT molecular complexity index is 668. The van der Waals surface area contributed by atoms with Crippen molar-refractivity contribution in [3.63, 3.8) is 0 Å². The van der Waals surface area contributed by atoms with Gasteiger partial charge in [0.25, 0.3) is 0 Å². The van der Waals surface area contributed by atoms with Crippen LogP contribution in [0.3, 0.4) is 0 Å². The van der Waals surface area contributed by atoms with Crippen LogP contribution in [0.25, 0.3) is 0 Å². The molecule has 27 heavy (non-hydrogen) atoms. The maximum atomic E-state index is 12.9. The molecule has 0 aliphatic heterocycles. The molecule has 0 radical (unpaired) electrons. The Labute approximate surface area is 155 Å². The standard InChI is InChI=1S/C18H24F3NO5/c1-17(2,3)27-16(25)22(11-18(19,20)21)10-13-9-14(26-4)7-5-12(13)6-8-15(23)24/h5,7,9H,6,8,10-11H2,1-4H3,(H,23,24). The minimum absolute atomic E-state index is 0.114. The number of carbonyl (C=O) groups is 2. The number of amides is 1. The Morgan fingerprint density at radius 1 is 1.15 bits per heavy atom. The summed E-state index contributed by atoms with van der Waals surface area (Å²) in [4.78, 5) is 23.6. The maximum Gasteiger partial charge on any atom is 0.410 e. The molecule has 6 nitrogen and oxygen atoms in total. The number of ether oxygens (including phenoxy) is 2. The van der Waals surface area contributed by atoms with Gasteiger partial charge in [-0.15, -0.1) is 0 Å². The van der Waals surface area contributed by atoms with Crippen molar-refractivity contribution in [1.29, 1.82) is 0 Å². The van der Waals surface area contributed by atoms with Crippen molar-refractivity contribution in [2.45, 2.75) is 51.9 Å². The first kappa shape index (κ1) is 22.6. The molecular weight excluding hydrogens is 367 g/mol.